The Bertz CT molecular complexity index is 299. The molecule has 0 spiro atoms. The third kappa shape index (κ3) is 3.45. The Labute approximate surface area is 106 Å². The second-order valence-electron chi connectivity index (χ2n) is 2.88. The predicted molar refractivity (Wildman–Crippen MR) is 39.4 cm³/mol. The highest BCUT2D eigenvalue weighted by molar-refractivity contribution is 6.22. The molecule has 19 heavy (non-hydrogen) atoms. The van der Waals surface area contributed by atoms with E-state index in [1.165, 1.54) is 0 Å². The summed E-state index contributed by atoms with van der Waals surface area (Å²) in [6.07, 6.45) is -7.00. The van der Waals surface area contributed by atoms with Gasteiger partial charge in [0, 0.05) is 0 Å². The van der Waals surface area contributed by atoms with Crippen molar-refractivity contribution in [3.8, 4) is 0 Å². The van der Waals surface area contributed by atoms with E-state index in [2.05, 4.69) is 23.2 Å². The van der Waals surface area contributed by atoms with Gasteiger partial charge in [0.2, 0.25) is 0 Å². The molecular weight excluding hydrogens is 354 g/mol. The van der Waals surface area contributed by atoms with Gasteiger partial charge in [-0.3, -0.25) is 0 Å². The number of alkyl halides is 13. The van der Waals surface area contributed by atoms with Crippen LogP contribution < -0.4 is 0 Å². The van der Waals surface area contributed by atoms with Gasteiger partial charge < -0.3 is 0 Å². The van der Waals surface area contributed by atoms with Gasteiger partial charge in [0.05, 0.1) is 0 Å². The van der Waals surface area contributed by atoms with Crippen LogP contribution in [0.3, 0.4) is 0 Å². The van der Waals surface area contributed by atoms with Gasteiger partial charge >= 0.3 is 29.2 Å². The molecule has 116 valence electrons. The van der Waals surface area contributed by atoms with Crippen LogP contribution >= 0.6 is 23.2 Å². The van der Waals surface area contributed by atoms with Crippen molar-refractivity contribution in [2.24, 2.45) is 0 Å². The van der Waals surface area contributed by atoms with E-state index in [1.54, 1.807) is 0 Å². The van der Waals surface area contributed by atoms with E-state index in [0.29, 0.717) is 0 Å². The van der Waals surface area contributed by atoms with Gasteiger partial charge in [-0.25, -0.2) is 0 Å². The number of hydrogen-bond acceptors (Lipinski definition) is 1. The average molecular weight is 354 g/mol. The summed E-state index contributed by atoms with van der Waals surface area (Å²) in [4.78, 5) is -3.70. The third-order valence-electron chi connectivity index (χ3n) is 1.50. The highest BCUT2D eigenvalue weighted by atomic mass is 35.5. The van der Waals surface area contributed by atoms with E-state index in [-0.39, 0.29) is 0 Å². The van der Waals surface area contributed by atoms with E-state index in [9.17, 15) is 48.3 Å². The first-order valence-corrected chi connectivity index (χ1v) is 4.38. The molecule has 0 N–H and O–H groups in total. The summed E-state index contributed by atoms with van der Waals surface area (Å²) >= 11 is 7.07. The van der Waals surface area contributed by atoms with Crippen LogP contribution in [-0.4, -0.2) is 34.1 Å². The van der Waals surface area contributed by atoms with Crippen LogP contribution in [0.25, 0.3) is 0 Å². The quantitative estimate of drug-likeness (QED) is 0.403. The molecule has 0 aromatic carbocycles. The third-order valence-corrected chi connectivity index (χ3v) is 1.95. The van der Waals surface area contributed by atoms with Gasteiger partial charge in [0.25, 0.3) is 0 Å². The van der Waals surface area contributed by atoms with Gasteiger partial charge in [-0.2, -0.15) is 48.3 Å². The standard InChI is InChI=1S/C5Cl2F11N/c6-1(8,9)3(12,13)19(5(16,17)18)4(14,15)2(7,10)11. The van der Waals surface area contributed by atoms with E-state index in [0.717, 1.165) is 0 Å². The molecule has 0 fully saturated rings. The summed E-state index contributed by atoms with van der Waals surface area (Å²) in [6, 6.07) is -13.8. The molecule has 0 bridgehead atoms. The predicted octanol–water partition coefficient (Wildman–Crippen LogP) is 4.66. The second kappa shape index (κ2) is 4.65. The zero-order valence-electron chi connectivity index (χ0n) is 7.86. The van der Waals surface area contributed by atoms with Crippen molar-refractivity contribution in [3.63, 3.8) is 0 Å². The Morgan fingerprint density at radius 1 is 0.526 bits per heavy atom. The van der Waals surface area contributed by atoms with E-state index in [1.807, 2.05) is 0 Å². The molecule has 0 aliphatic rings. The minimum Gasteiger partial charge on any atom is -0.179 e. The highest BCUT2D eigenvalue weighted by Crippen LogP contribution is 2.54. The van der Waals surface area contributed by atoms with Crippen molar-refractivity contribution < 1.29 is 48.3 Å². The number of halogens is 13. The lowest BCUT2D eigenvalue weighted by atomic mass is 10.4. The average Bonchev–Trinajstić information content (AvgIpc) is 1.93. The maximum atomic E-state index is 12.6. The lowest BCUT2D eigenvalue weighted by Crippen LogP contribution is -2.68. The topological polar surface area (TPSA) is 3.24 Å². The summed E-state index contributed by atoms with van der Waals surface area (Å²) in [5, 5.41) is -12.5. The second-order valence-corrected chi connectivity index (χ2v) is 3.83. The smallest absolute Gasteiger partial charge is 0.179 e. The van der Waals surface area contributed by atoms with Crippen molar-refractivity contribution in [3.05, 3.63) is 0 Å². The van der Waals surface area contributed by atoms with Crippen LogP contribution in [0.1, 0.15) is 0 Å². The van der Waals surface area contributed by atoms with Crippen molar-refractivity contribution in [1.82, 2.24) is 4.90 Å². The zero-order valence-corrected chi connectivity index (χ0v) is 9.37. The molecule has 0 aromatic heterocycles. The molecule has 0 amide bonds. The van der Waals surface area contributed by atoms with Crippen LogP contribution in [0.5, 0.6) is 0 Å². The Morgan fingerprint density at radius 3 is 0.842 bits per heavy atom. The van der Waals surface area contributed by atoms with E-state index < -0.39 is 34.1 Å². The molecule has 0 unspecified atom stereocenters. The fourth-order valence-electron chi connectivity index (χ4n) is 0.748. The first-order chi connectivity index (χ1) is 7.87. The van der Waals surface area contributed by atoms with Crippen LogP contribution in [0.15, 0.2) is 0 Å². The summed E-state index contributed by atoms with van der Waals surface area (Å²) in [5.74, 6) is 0. The number of nitrogens with zero attached hydrogens (tertiary/aromatic N) is 1. The Kier molecular flexibility index (Phi) is 4.60. The molecule has 0 heterocycles. The number of rotatable bonds is 4. The van der Waals surface area contributed by atoms with Crippen LogP contribution in [0, 0.1) is 0 Å². The van der Waals surface area contributed by atoms with E-state index in [4.69, 9.17) is 0 Å². The summed E-state index contributed by atoms with van der Waals surface area (Å²) in [7, 11) is 0. The molecule has 0 saturated carbocycles. The molecule has 14 heteroatoms. The molecule has 0 radical (unpaired) electrons. The fraction of sp³-hybridized carbons (Fsp3) is 1.00. The first-order valence-electron chi connectivity index (χ1n) is 3.63. The Balaban J connectivity index is 6.05. The van der Waals surface area contributed by atoms with Crippen LogP contribution in [0.2, 0.25) is 0 Å². The van der Waals surface area contributed by atoms with Crippen molar-refractivity contribution >= 4 is 23.2 Å². The molecule has 0 aliphatic heterocycles. The highest BCUT2D eigenvalue weighted by Gasteiger charge is 2.79. The van der Waals surface area contributed by atoms with Gasteiger partial charge in [-0.15, -0.1) is 0 Å². The molecule has 0 atom stereocenters. The lowest BCUT2D eigenvalue weighted by Gasteiger charge is -2.39. The molecular formula is C5Cl2F11N. The van der Waals surface area contributed by atoms with E-state index >= 15 is 0 Å². The Hall–Kier alpha value is -0.230. The Morgan fingerprint density at radius 2 is 0.737 bits per heavy atom. The summed E-state index contributed by atoms with van der Waals surface area (Å²) < 4.78 is 134. The molecule has 1 nitrogen and oxygen atoms in total. The monoisotopic (exact) mass is 353 g/mol. The lowest BCUT2D eigenvalue weighted by molar-refractivity contribution is -0.452. The van der Waals surface area contributed by atoms with Crippen molar-refractivity contribution in [1.29, 1.82) is 0 Å². The molecule has 0 aromatic rings. The van der Waals surface area contributed by atoms with Gasteiger partial charge in [0.15, 0.2) is 0 Å². The minimum absolute atomic E-state index is 3.54. The largest absolute Gasteiger partial charge is 0.469 e. The van der Waals surface area contributed by atoms with Crippen LogP contribution in [0.4, 0.5) is 48.3 Å². The molecule has 0 aliphatic carbocycles. The van der Waals surface area contributed by atoms with Crippen molar-refractivity contribution in [2.75, 3.05) is 0 Å². The van der Waals surface area contributed by atoms with Gasteiger partial charge in [0.1, 0.15) is 0 Å². The SMILES string of the molecule is FC(F)(F)N(C(F)(F)C(F)(F)Cl)C(F)(F)C(F)(F)Cl. The maximum Gasteiger partial charge on any atom is 0.469 e. The number of hydrogen-bond donors (Lipinski definition) is 0. The van der Waals surface area contributed by atoms with Crippen molar-refractivity contribution in [2.45, 2.75) is 29.2 Å². The normalized spacial score (nSPS) is 16.1. The fourth-order valence-corrected chi connectivity index (χ4v) is 0.917. The maximum absolute atomic E-state index is 12.6. The zero-order chi connectivity index (χ0) is 16.1. The molecule has 0 saturated heterocycles. The minimum atomic E-state index is -7.00. The summed E-state index contributed by atoms with van der Waals surface area (Å²) in [6.45, 7) is 0. The summed E-state index contributed by atoms with van der Waals surface area (Å²) in [5.41, 5.74) is 0. The van der Waals surface area contributed by atoms with Gasteiger partial charge in [-0.05, 0) is 23.2 Å². The molecule has 0 rings (SSSR count). The first kappa shape index (κ1) is 18.8. The van der Waals surface area contributed by atoms with Crippen LogP contribution in [-0.2, 0) is 0 Å². The van der Waals surface area contributed by atoms with Gasteiger partial charge in [-0.1, -0.05) is 4.90 Å².